The van der Waals surface area contributed by atoms with Gasteiger partial charge in [0.25, 0.3) is 5.91 Å². The quantitative estimate of drug-likeness (QED) is 0.743. The molecule has 1 saturated heterocycles. The summed E-state index contributed by atoms with van der Waals surface area (Å²) in [7, 11) is 0. The third-order valence-corrected chi connectivity index (χ3v) is 4.32. The highest BCUT2D eigenvalue weighted by atomic mass is 16.2. The first kappa shape index (κ1) is 17.0. The molecule has 1 aliphatic rings. The molecule has 3 nitrogen and oxygen atoms in total. The number of aryl methyl sites for hydroxylation is 2. The zero-order chi connectivity index (χ0) is 17.6. The van der Waals surface area contributed by atoms with E-state index >= 15 is 0 Å². The topological polar surface area (TPSA) is 33.2 Å². The van der Waals surface area contributed by atoms with Crippen molar-refractivity contribution < 1.29 is 4.79 Å². The minimum atomic E-state index is 0.123. The zero-order valence-corrected chi connectivity index (χ0v) is 14.7. The highest BCUT2D eigenvalue weighted by Crippen LogP contribution is 2.18. The van der Waals surface area contributed by atoms with Crippen molar-refractivity contribution >= 4 is 5.91 Å². The van der Waals surface area contributed by atoms with Crippen LogP contribution in [0.3, 0.4) is 0 Å². The van der Waals surface area contributed by atoms with Crippen LogP contribution in [0, 0.1) is 25.7 Å². The van der Waals surface area contributed by atoms with E-state index in [0.29, 0.717) is 0 Å². The predicted molar refractivity (Wildman–Crippen MR) is 100 cm³/mol. The second kappa shape index (κ2) is 7.81. The summed E-state index contributed by atoms with van der Waals surface area (Å²) in [5.41, 5.74) is 4.96. The largest absolute Gasteiger partial charge is 0.338 e. The molecule has 1 aliphatic heterocycles. The molecule has 1 fully saturated rings. The highest BCUT2D eigenvalue weighted by Gasteiger charge is 2.20. The molecule has 0 unspecified atom stereocenters. The Kier molecular flexibility index (Phi) is 5.30. The summed E-state index contributed by atoms with van der Waals surface area (Å²) in [6.07, 6.45) is 3.75. The lowest BCUT2D eigenvalue weighted by molar-refractivity contribution is 0.0743. The van der Waals surface area contributed by atoms with Crippen molar-refractivity contribution in [2.45, 2.75) is 26.7 Å². The summed E-state index contributed by atoms with van der Waals surface area (Å²) in [5.74, 6) is 6.31. The van der Waals surface area contributed by atoms with Gasteiger partial charge in [0.15, 0.2) is 0 Å². The second-order valence-electron chi connectivity index (χ2n) is 6.40. The molecule has 25 heavy (non-hydrogen) atoms. The van der Waals surface area contributed by atoms with Gasteiger partial charge in [-0.15, -0.1) is 0 Å². The molecule has 2 aromatic rings. The summed E-state index contributed by atoms with van der Waals surface area (Å²) < 4.78 is 0. The van der Waals surface area contributed by atoms with Crippen LogP contribution in [0.2, 0.25) is 0 Å². The molecular formula is C22H22N2O. The number of pyridine rings is 1. The number of carbonyl (C=O) groups excluding carboxylic acids is 1. The van der Waals surface area contributed by atoms with Gasteiger partial charge in [0, 0.05) is 24.3 Å². The molecule has 2 heterocycles. The van der Waals surface area contributed by atoms with E-state index in [4.69, 9.17) is 0 Å². The Morgan fingerprint density at radius 2 is 1.88 bits per heavy atom. The first-order valence-corrected chi connectivity index (χ1v) is 8.61. The summed E-state index contributed by atoms with van der Waals surface area (Å²) in [6.45, 7) is 5.48. The molecule has 126 valence electrons. The van der Waals surface area contributed by atoms with Gasteiger partial charge < -0.3 is 4.90 Å². The molecule has 0 radical (unpaired) electrons. The van der Waals surface area contributed by atoms with Crippen LogP contribution in [0.15, 0.2) is 54.1 Å². The molecule has 0 bridgehead atoms. The summed E-state index contributed by atoms with van der Waals surface area (Å²) in [6, 6.07) is 13.6. The number of benzene rings is 1. The van der Waals surface area contributed by atoms with E-state index < -0.39 is 0 Å². The van der Waals surface area contributed by atoms with Gasteiger partial charge >= 0.3 is 0 Å². The molecule has 0 saturated carbocycles. The van der Waals surface area contributed by atoms with Gasteiger partial charge in [0.2, 0.25) is 0 Å². The third kappa shape index (κ3) is 4.58. The summed E-state index contributed by atoms with van der Waals surface area (Å²) >= 11 is 0. The number of allylic oxidation sites excluding steroid dienone is 1. The average molecular weight is 330 g/mol. The number of carbonyl (C=O) groups is 1. The predicted octanol–water partition coefficient (Wildman–Crippen LogP) is 3.91. The molecule has 1 aromatic carbocycles. The first-order valence-electron chi connectivity index (χ1n) is 8.61. The number of amides is 1. The molecule has 0 N–H and O–H groups in total. The molecule has 3 rings (SSSR count). The molecule has 0 atom stereocenters. The van der Waals surface area contributed by atoms with E-state index in [1.807, 2.05) is 67.3 Å². The molecule has 1 aromatic heterocycles. The van der Waals surface area contributed by atoms with Gasteiger partial charge in [-0.25, -0.2) is 4.98 Å². The molecule has 3 heteroatoms. The fourth-order valence-corrected chi connectivity index (χ4v) is 2.93. The summed E-state index contributed by atoms with van der Waals surface area (Å²) in [4.78, 5) is 18.9. The fourth-order valence-electron chi connectivity index (χ4n) is 2.93. The van der Waals surface area contributed by atoms with E-state index in [-0.39, 0.29) is 5.91 Å². The summed E-state index contributed by atoms with van der Waals surface area (Å²) in [5, 5.41) is 0. The number of nitrogens with zero attached hydrogens (tertiary/aromatic N) is 2. The van der Waals surface area contributed by atoms with E-state index in [1.54, 1.807) is 0 Å². The van der Waals surface area contributed by atoms with Gasteiger partial charge in [-0.2, -0.15) is 0 Å². The molecular weight excluding hydrogens is 308 g/mol. The Bertz CT molecular complexity index is 861. The minimum absolute atomic E-state index is 0.123. The van der Waals surface area contributed by atoms with Gasteiger partial charge in [0.05, 0.1) is 0 Å². The Balaban J connectivity index is 1.59. The monoisotopic (exact) mass is 330 g/mol. The lowest BCUT2D eigenvalue weighted by Gasteiger charge is -2.28. The standard InChI is InChI=1S/C22H22N2O/c1-17-6-3-9-20(16-17)22(25)24-14-12-19(13-15-24)8-5-11-21-10-4-7-18(2)23-21/h3-4,6-10,16H,12-15H2,1-2H3. The van der Waals surface area contributed by atoms with Gasteiger partial charge in [0.1, 0.15) is 5.69 Å². The van der Waals surface area contributed by atoms with Gasteiger partial charge in [-0.3, -0.25) is 4.79 Å². The van der Waals surface area contributed by atoms with E-state index in [1.165, 1.54) is 5.57 Å². The Morgan fingerprint density at radius 1 is 1.12 bits per heavy atom. The average Bonchev–Trinajstić information content (AvgIpc) is 2.62. The lowest BCUT2D eigenvalue weighted by Crippen LogP contribution is -2.36. The molecule has 1 amide bonds. The van der Waals surface area contributed by atoms with Crippen LogP contribution < -0.4 is 0 Å². The Labute approximate surface area is 149 Å². The van der Waals surface area contributed by atoms with E-state index in [9.17, 15) is 4.79 Å². The number of hydrogen-bond donors (Lipinski definition) is 0. The van der Waals surface area contributed by atoms with Crippen molar-refractivity contribution in [1.82, 2.24) is 9.88 Å². The van der Waals surface area contributed by atoms with Crippen molar-refractivity contribution in [3.63, 3.8) is 0 Å². The van der Waals surface area contributed by atoms with Crippen molar-refractivity contribution in [2.24, 2.45) is 0 Å². The van der Waals surface area contributed by atoms with Gasteiger partial charge in [-0.05, 0) is 63.0 Å². The van der Waals surface area contributed by atoms with Crippen LogP contribution in [-0.2, 0) is 0 Å². The number of rotatable bonds is 1. The maximum atomic E-state index is 12.6. The Hall–Kier alpha value is -2.86. The third-order valence-electron chi connectivity index (χ3n) is 4.32. The Morgan fingerprint density at radius 3 is 2.60 bits per heavy atom. The maximum absolute atomic E-state index is 12.6. The fraction of sp³-hybridized carbons (Fsp3) is 0.273. The first-order chi connectivity index (χ1) is 12.1. The number of aromatic nitrogens is 1. The van der Waals surface area contributed by atoms with Crippen LogP contribution in [0.4, 0.5) is 0 Å². The smallest absolute Gasteiger partial charge is 0.253 e. The second-order valence-corrected chi connectivity index (χ2v) is 6.40. The minimum Gasteiger partial charge on any atom is -0.338 e. The number of hydrogen-bond acceptors (Lipinski definition) is 2. The van der Waals surface area contributed by atoms with E-state index in [2.05, 4.69) is 16.8 Å². The SMILES string of the molecule is Cc1cccc(C(=O)N2CCC(=CC#Cc3cccc(C)n3)CC2)c1. The lowest BCUT2D eigenvalue weighted by atomic mass is 10.0. The molecule has 0 spiro atoms. The van der Waals surface area contributed by atoms with Crippen molar-refractivity contribution in [3.8, 4) is 11.8 Å². The van der Waals surface area contributed by atoms with Crippen molar-refractivity contribution in [3.05, 3.63) is 76.6 Å². The zero-order valence-electron chi connectivity index (χ0n) is 14.7. The van der Waals surface area contributed by atoms with Crippen LogP contribution in [0.25, 0.3) is 0 Å². The number of likely N-dealkylation sites (tertiary alicyclic amines) is 1. The van der Waals surface area contributed by atoms with Crippen LogP contribution in [-0.4, -0.2) is 28.9 Å². The van der Waals surface area contributed by atoms with Crippen molar-refractivity contribution in [1.29, 1.82) is 0 Å². The van der Waals surface area contributed by atoms with Crippen molar-refractivity contribution in [2.75, 3.05) is 13.1 Å². The molecule has 0 aliphatic carbocycles. The number of piperidine rings is 1. The van der Waals surface area contributed by atoms with Gasteiger partial charge in [-0.1, -0.05) is 35.3 Å². The maximum Gasteiger partial charge on any atom is 0.253 e. The van der Waals surface area contributed by atoms with Crippen LogP contribution >= 0.6 is 0 Å². The highest BCUT2D eigenvalue weighted by molar-refractivity contribution is 5.94. The van der Waals surface area contributed by atoms with E-state index in [0.717, 1.165) is 48.4 Å². The van der Waals surface area contributed by atoms with Crippen LogP contribution in [0.5, 0.6) is 0 Å². The normalized spacial score (nSPS) is 13.8. The van der Waals surface area contributed by atoms with Crippen LogP contribution in [0.1, 0.15) is 40.2 Å².